The van der Waals surface area contributed by atoms with Gasteiger partial charge in [0.1, 0.15) is 6.54 Å². The maximum absolute atomic E-state index is 12.8. The Kier molecular flexibility index (Phi) is 7.53. The fraction of sp³-hybridized carbons (Fsp3) is 0.429. The summed E-state index contributed by atoms with van der Waals surface area (Å²) in [5, 5.41) is 7.78. The number of methoxy groups -OCH3 is 1. The third-order valence-electron chi connectivity index (χ3n) is 4.57. The number of rotatable bonds is 10. The van der Waals surface area contributed by atoms with Gasteiger partial charge < -0.3 is 20.3 Å². The van der Waals surface area contributed by atoms with Crippen LogP contribution in [0.2, 0.25) is 0 Å². The molecule has 0 bridgehead atoms. The number of nitrogens with one attached hydrogen (secondary N) is 2. The van der Waals surface area contributed by atoms with Gasteiger partial charge in [-0.2, -0.15) is 0 Å². The van der Waals surface area contributed by atoms with Gasteiger partial charge in [-0.1, -0.05) is 17.7 Å². The second-order valence-electron chi connectivity index (χ2n) is 7.30. The Hall–Kier alpha value is -2.78. The van der Waals surface area contributed by atoms with Gasteiger partial charge in [-0.15, -0.1) is 11.3 Å². The largest absolute Gasteiger partial charge is 0.383 e. The monoisotopic (exact) mass is 430 g/mol. The Morgan fingerprint density at radius 1 is 1.20 bits per heavy atom. The minimum absolute atomic E-state index is 0.0601. The lowest BCUT2D eigenvalue weighted by Crippen LogP contribution is -2.40. The molecule has 0 spiro atoms. The molecular weight excluding hydrogens is 404 g/mol. The van der Waals surface area contributed by atoms with Crippen molar-refractivity contribution in [2.24, 2.45) is 0 Å². The van der Waals surface area contributed by atoms with Crippen LogP contribution in [-0.2, 0) is 20.7 Å². The number of anilines is 1. The highest BCUT2D eigenvalue weighted by Crippen LogP contribution is 2.20. The number of ether oxygens (including phenoxy) is 1. The molecule has 3 amide bonds. The summed E-state index contributed by atoms with van der Waals surface area (Å²) in [5.41, 5.74) is 2.18. The van der Waals surface area contributed by atoms with Crippen molar-refractivity contribution in [1.29, 1.82) is 0 Å². The van der Waals surface area contributed by atoms with Gasteiger partial charge in [0.05, 0.1) is 18.7 Å². The zero-order chi connectivity index (χ0) is 21.5. The molecule has 0 aliphatic heterocycles. The lowest BCUT2D eigenvalue weighted by atomic mass is 10.1. The summed E-state index contributed by atoms with van der Waals surface area (Å²) in [6, 6.07) is 7.51. The minimum atomic E-state index is -0.352. The molecule has 2 N–H and O–H groups in total. The van der Waals surface area contributed by atoms with Gasteiger partial charge in [0, 0.05) is 30.6 Å². The first-order valence-corrected chi connectivity index (χ1v) is 10.7. The van der Waals surface area contributed by atoms with Crippen LogP contribution in [-0.4, -0.2) is 60.5 Å². The highest BCUT2D eigenvalue weighted by Gasteiger charge is 2.24. The molecule has 1 aromatic carbocycles. The standard InChI is InChI=1S/C21H26N4O4S/c1-14-3-5-15(6-4-14)20(28)25(9-10-29-2)12-19(27)24-21-23-17(13-30-21)11-18(26)22-16-7-8-16/h3-6,13,16H,7-12H2,1-2H3,(H,22,26)(H,23,24,27). The van der Waals surface area contributed by atoms with E-state index in [1.807, 2.05) is 19.1 Å². The quantitative estimate of drug-likeness (QED) is 0.600. The molecule has 0 radical (unpaired) electrons. The number of nitrogens with zero attached hydrogens (tertiary/aromatic N) is 2. The average Bonchev–Trinajstić information content (AvgIpc) is 3.42. The predicted octanol–water partition coefficient (Wildman–Crippen LogP) is 2.00. The van der Waals surface area contributed by atoms with Gasteiger partial charge >= 0.3 is 0 Å². The van der Waals surface area contributed by atoms with Gasteiger partial charge in [0.2, 0.25) is 11.8 Å². The molecule has 1 aromatic heterocycles. The van der Waals surface area contributed by atoms with Gasteiger partial charge in [-0.25, -0.2) is 4.98 Å². The molecular formula is C21H26N4O4S. The Morgan fingerprint density at radius 2 is 1.93 bits per heavy atom. The second-order valence-corrected chi connectivity index (χ2v) is 8.15. The van der Waals surface area contributed by atoms with Crippen LogP contribution >= 0.6 is 11.3 Å². The number of carbonyl (C=O) groups is 3. The molecule has 3 rings (SSSR count). The number of carbonyl (C=O) groups excluding carboxylic acids is 3. The molecule has 1 saturated carbocycles. The Labute approximate surface area is 179 Å². The zero-order valence-corrected chi connectivity index (χ0v) is 18.0. The molecule has 1 fully saturated rings. The van der Waals surface area contributed by atoms with E-state index in [9.17, 15) is 14.4 Å². The Morgan fingerprint density at radius 3 is 2.60 bits per heavy atom. The van der Waals surface area contributed by atoms with E-state index in [4.69, 9.17) is 4.74 Å². The van der Waals surface area contributed by atoms with Crippen molar-refractivity contribution in [3.8, 4) is 0 Å². The molecule has 1 aliphatic carbocycles. The summed E-state index contributed by atoms with van der Waals surface area (Å²) in [6.45, 7) is 2.44. The third kappa shape index (κ3) is 6.64. The van der Waals surface area contributed by atoms with E-state index in [1.165, 1.54) is 16.2 Å². The molecule has 1 heterocycles. The van der Waals surface area contributed by atoms with E-state index >= 15 is 0 Å². The van der Waals surface area contributed by atoms with Gasteiger partial charge in [0.25, 0.3) is 5.91 Å². The number of aromatic nitrogens is 1. The van der Waals surface area contributed by atoms with Crippen molar-refractivity contribution in [3.05, 3.63) is 46.5 Å². The topological polar surface area (TPSA) is 101 Å². The van der Waals surface area contributed by atoms with Crippen molar-refractivity contribution in [2.75, 3.05) is 32.1 Å². The smallest absolute Gasteiger partial charge is 0.254 e. The highest BCUT2D eigenvalue weighted by atomic mass is 32.1. The number of amides is 3. The maximum atomic E-state index is 12.8. The van der Waals surface area contributed by atoms with E-state index in [1.54, 1.807) is 24.6 Å². The number of hydrogen-bond donors (Lipinski definition) is 2. The number of benzene rings is 1. The van der Waals surface area contributed by atoms with Crippen LogP contribution in [0.25, 0.3) is 0 Å². The molecule has 2 aromatic rings. The fourth-order valence-electron chi connectivity index (χ4n) is 2.78. The molecule has 30 heavy (non-hydrogen) atoms. The third-order valence-corrected chi connectivity index (χ3v) is 5.37. The maximum Gasteiger partial charge on any atom is 0.254 e. The Balaban J connectivity index is 1.56. The summed E-state index contributed by atoms with van der Waals surface area (Å²) >= 11 is 1.25. The van der Waals surface area contributed by atoms with Crippen molar-refractivity contribution < 1.29 is 19.1 Å². The average molecular weight is 431 g/mol. The summed E-state index contributed by atoms with van der Waals surface area (Å²) in [4.78, 5) is 42.9. The van der Waals surface area contributed by atoms with Crippen molar-refractivity contribution in [3.63, 3.8) is 0 Å². The van der Waals surface area contributed by atoms with Crippen LogP contribution in [0.3, 0.4) is 0 Å². The van der Waals surface area contributed by atoms with E-state index in [0.717, 1.165) is 18.4 Å². The fourth-order valence-corrected chi connectivity index (χ4v) is 3.51. The highest BCUT2D eigenvalue weighted by molar-refractivity contribution is 7.13. The molecule has 0 unspecified atom stereocenters. The van der Waals surface area contributed by atoms with E-state index in [0.29, 0.717) is 35.6 Å². The van der Waals surface area contributed by atoms with Gasteiger partial charge in [0.15, 0.2) is 5.13 Å². The summed E-state index contributed by atoms with van der Waals surface area (Å²) in [6.07, 6.45) is 2.25. The van der Waals surface area contributed by atoms with E-state index in [-0.39, 0.29) is 30.7 Å². The summed E-state index contributed by atoms with van der Waals surface area (Å²) < 4.78 is 5.08. The molecule has 1 aliphatic rings. The van der Waals surface area contributed by atoms with Crippen LogP contribution in [0.4, 0.5) is 5.13 Å². The SMILES string of the molecule is COCCN(CC(=O)Nc1nc(CC(=O)NC2CC2)cs1)C(=O)c1ccc(C)cc1. The van der Waals surface area contributed by atoms with Gasteiger partial charge in [-0.3, -0.25) is 14.4 Å². The molecule has 9 heteroatoms. The van der Waals surface area contributed by atoms with E-state index in [2.05, 4.69) is 15.6 Å². The van der Waals surface area contributed by atoms with Gasteiger partial charge in [-0.05, 0) is 31.9 Å². The van der Waals surface area contributed by atoms with Crippen molar-refractivity contribution in [2.45, 2.75) is 32.2 Å². The zero-order valence-electron chi connectivity index (χ0n) is 17.1. The molecule has 160 valence electrons. The Bertz CT molecular complexity index is 893. The van der Waals surface area contributed by atoms with Crippen LogP contribution in [0.15, 0.2) is 29.6 Å². The van der Waals surface area contributed by atoms with Crippen LogP contribution in [0.1, 0.15) is 34.5 Å². The first kappa shape index (κ1) is 21.9. The minimum Gasteiger partial charge on any atom is -0.383 e. The van der Waals surface area contributed by atoms with Crippen LogP contribution in [0.5, 0.6) is 0 Å². The molecule has 0 saturated heterocycles. The van der Waals surface area contributed by atoms with E-state index < -0.39 is 0 Å². The second kappa shape index (κ2) is 10.3. The van der Waals surface area contributed by atoms with Crippen LogP contribution in [0, 0.1) is 6.92 Å². The first-order valence-electron chi connectivity index (χ1n) is 9.83. The predicted molar refractivity (Wildman–Crippen MR) is 115 cm³/mol. The summed E-state index contributed by atoms with van der Waals surface area (Å²) in [5.74, 6) is -0.649. The van der Waals surface area contributed by atoms with Crippen molar-refractivity contribution >= 4 is 34.2 Å². The molecule has 8 nitrogen and oxygen atoms in total. The first-order chi connectivity index (χ1) is 14.4. The number of hydrogen-bond acceptors (Lipinski definition) is 6. The normalized spacial score (nSPS) is 13.0. The molecule has 0 atom stereocenters. The van der Waals surface area contributed by atoms with Crippen molar-refractivity contribution in [1.82, 2.24) is 15.2 Å². The lowest BCUT2D eigenvalue weighted by molar-refractivity contribution is -0.120. The lowest BCUT2D eigenvalue weighted by Gasteiger charge is -2.21. The number of thiazole rings is 1. The van der Waals surface area contributed by atoms with Crippen LogP contribution < -0.4 is 10.6 Å². The summed E-state index contributed by atoms with van der Waals surface area (Å²) in [7, 11) is 1.55. The number of aryl methyl sites for hydroxylation is 1.